The molecule has 14 heavy (non-hydrogen) atoms. The first-order valence-corrected chi connectivity index (χ1v) is 6.49. The lowest BCUT2D eigenvalue weighted by atomic mass is 10.3. The Balaban J connectivity index is 2.45. The molecule has 0 bridgehead atoms. The van der Waals surface area contributed by atoms with Gasteiger partial charge in [0.25, 0.3) is 0 Å². The Morgan fingerprint density at radius 1 is 1.50 bits per heavy atom. The minimum atomic E-state index is -0.308. The van der Waals surface area contributed by atoms with Gasteiger partial charge in [-0.25, -0.2) is 4.39 Å². The van der Waals surface area contributed by atoms with Crippen molar-refractivity contribution in [2.75, 3.05) is 18.6 Å². The summed E-state index contributed by atoms with van der Waals surface area (Å²) in [5.41, 5.74) is 0. The predicted octanol–water partition coefficient (Wildman–Crippen LogP) is 3.72. The Bertz CT molecular complexity index is 293. The quantitative estimate of drug-likeness (QED) is 0.760. The van der Waals surface area contributed by atoms with E-state index >= 15 is 0 Å². The van der Waals surface area contributed by atoms with E-state index in [0.717, 1.165) is 16.6 Å². The average Bonchev–Trinajstić information content (AvgIpc) is 2.18. The molecule has 0 aliphatic carbocycles. The van der Waals surface area contributed by atoms with Gasteiger partial charge in [0, 0.05) is 4.47 Å². The Hall–Kier alpha value is -0.220. The highest BCUT2D eigenvalue weighted by Crippen LogP contribution is 2.22. The fraction of sp³-hybridized carbons (Fsp3) is 0.400. The molecule has 0 radical (unpaired) electrons. The van der Waals surface area contributed by atoms with Gasteiger partial charge in [0.2, 0.25) is 0 Å². The van der Waals surface area contributed by atoms with E-state index in [0.29, 0.717) is 12.4 Å². The molecule has 0 aliphatic heterocycles. The van der Waals surface area contributed by atoms with Crippen LogP contribution in [0.3, 0.4) is 0 Å². The Morgan fingerprint density at radius 3 is 3.00 bits per heavy atom. The Labute approximate surface area is 96.2 Å². The number of halogens is 2. The van der Waals surface area contributed by atoms with E-state index in [-0.39, 0.29) is 5.82 Å². The van der Waals surface area contributed by atoms with E-state index in [4.69, 9.17) is 4.74 Å². The van der Waals surface area contributed by atoms with Gasteiger partial charge in [0.05, 0.1) is 6.61 Å². The SMILES string of the molecule is CSCCCOc1cc(Br)ccc1F. The first-order valence-electron chi connectivity index (χ1n) is 4.31. The molecule has 0 spiro atoms. The summed E-state index contributed by atoms with van der Waals surface area (Å²) >= 11 is 5.03. The van der Waals surface area contributed by atoms with Gasteiger partial charge in [-0.2, -0.15) is 11.8 Å². The lowest BCUT2D eigenvalue weighted by Gasteiger charge is -2.06. The van der Waals surface area contributed by atoms with Gasteiger partial charge in [0.1, 0.15) is 0 Å². The summed E-state index contributed by atoms with van der Waals surface area (Å²) in [5.74, 6) is 1.05. The van der Waals surface area contributed by atoms with Crippen molar-refractivity contribution in [3.63, 3.8) is 0 Å². The molecule has 0 amide bonds. The van der Waals surface area contributed by atoms with Crippen molar-refractivity contribution in [2.24, 2.45) is 0 Å². The first kappa shape index (κ1) is 11.9. The number of hydrogen-bond acceptors (Lipinski definition) is 2. The van der Waals surface area contributed by atoms with Crippen LogP contribution in [0.4, 0.5) is 4.39 Å². The fourth-order valence-electron chi connectivity index (χ4n) is 0.973. The van der Waals surface area contributed by atoms with Crippen molar-refractivity contribution in [2.45, 2.75) is 6.42 Å². The van der Waals surface area contributed by atoms with Crippen molar-refractivity contribution < 1.29 is 9.13 Å². The van der Waals surface area contributed by atoms with Gasteiger partial charge in [-0.05, 0) is 36.6 Å². The molecule has 0 N–H and O–H groups in total. The summed E-state index contributed by atoms with van der Waals surface area (Å²) in [5, 5.41) is 0. The molecule has 0 heterocycles. The third kappa shape index (κ3) is 3.88. The van der Waals surface area contributed by atoms with E-state index in [1.54, 1.807) is 23.9 Å². The van der Waals surface area contributed by atoms with Gasteiger partial charge in [-0.3, -0.25) is 0 Å². The van der Waals surface area contributed by atoms with Crippen LogP contribution in [0.25, 0.3) is 0 Å². The van der Waals surface area contributed by atoms with Crippen LogP contribution in [0.1, 0.15) is 6.42 Å². The van der Waals surface area contributed by atoms with Crippen LogP contribution in [0.5, 0.6) is 5.75 Å². The molecule has 0 saturated heterocycles. The molecule has 4 heteroatoms. The summed E-state index contributed by atoms with van der Waals surface area (Å²) in [6.07, 6.45) is 2.98. The molecule has 0 saturated carbocycles. The van der Waals surface area contributed by atoms with Crippen molar-refractivity contribution >= 4 is 27.7 Å². The zero-order valence-electron chi connectivity index (χ0n) is 7.93. The lowest BCUT2D eigenvalue weighted by molar-refractivity contribution is 0.302. The molecular formula is C10H12BrFOS. The van der Waals surface area contributed by atoms with E-state index < -0.39 is 0 Å². The van der Waals surface area contributed by atoms with Gasteiger partial charge in [0.15, 0.2) is 11.6 Å². The van der Waals surface area contributed by atoms with Crippen molar-refractivity contribution in [1.29, 1.82) is 0 Å². The molecule has 1 nitrogen and oxygen atoms in total. The summed E-state index contributed by atoms with van der Waals surface area (Å²) in [7, 11) is 0. The zero-order valence-corrected chi connectivity index (χ0v) is 10.3. The summed E-state index contributed by atoms with van der Waals surface area (Å²) in [6, 6.07) is 4.70. The fourth-order valence-corrected chi connectivity index (χ4v) is 1.72. The molecule has 0 aromatic heterocycles. The second kappa shape index (κ2) is 6.30. The maximum Gasteiger partial charge on any atom is 0.165 e. The van der Waals surface area contributed by atoms with Crippen LogP contribution in [-0.2, 0) is 0 Å². The van der Waals surface area contributed by atoms with Crippen molar-refractivity contribution in [3.8, 4) is 5.75 Å². The number of benzene rings is 1. The molecule has 0 aliphatic rings. The van der Waals surface area contributed by atoms with Crippen LogP contribution < -0.4 is 4.74 Å². The normalized spacial score (nSPS) is 10.2. The maximum atomic E-state index is 13.1. The lowest BCUT2D eigenvalue weighted by Crippen LogP contribution is -2.00. The minimum absolute atomic E-state index is 0.308. The van der Waals surface area contributed by atoms with Crippen molar-refractivity contribution in [1.82, 2.24) is 0 Å². The number of hydrogen-bond donors (Lipinski definition) is 0. The highest BCUT2D eigenvalue weighted by atomic mass is 79.9. The minimum Gasteiger partial charge on any atom is -0.490 e. The molecule has 0 fully saturated rings. The third-order valence-corrected chi connectivity index (χ3v) is 2.83. The second-order valence-electron chi connectivity index (χ2n) is 2.77. The number of thioether (sulfide) groups is 1. The summed E-state index contributed by atoms with van der Waals surface area (Å²) in [4.78, 5) is 0. The molecule has 1 rings (SSSR count). The highest BCUT2D eigenvalue weighted by molar-refractivity contribution is 9.10. The van der Waals surface area contributed by atoms with Crippen LogP contribution in [0.15, 0.2) is 22.7 Å². The van der Waals surface area contributed by atoms with Crippen molar-refractivity contribution in [3.05, 3.63) is 28.5 Å². The largest absolute Gasteiger partial charge is 0.490 e. The average molecular weight is 279 g/mol. The van der Waals surface area contributed by atoms with Crippen LogP contribution in [0, 0.1) is 5.82 Å². The van der Waals surface area contributed by atoms with Gasteiger partial charge in [-0.1, -0.05) is 15.9 Å². The topological polar surface area (TPSA) is 9.23 Å². The Morgan fingerprint density at radius 2 is 2.29 bits per heavy atom. The van der Waals surface area contributed by atoms with E-state index in [1.807, 2.05) is 6.26 Å². The van der Waals surface area contributed by atoms with Crippen LogP contribution in [0.2, 0.25) is 0 Å². The van der Waals surface area contributed by atoms with Crippen LogP contribution >= 0.6 is 27.7 Å². The first-order chi connectivity index (χ1) is 6.74. The molecule has 0 atom stereocenters. The van der Waals surface area contributed by atoms with Gasteiger partial charge in [-0.15, -0.1) is 0 Å². The highest BCUT2D eigenvalue weighted by Gasteiger charge is 2.02. The third-order valence-electron chi connectivity index (χ3n) is 1.64. The second-order valence-corrected chi connectivity index (χ2v) is 4.67. The smallest absolute Gasteiger partial charge is 0.165 e. The number of ether oxygens (including phenoxy) is 1. The summed E-state index contributed by atoms with van der Waals surface area (Å²) < 4.78 is 19.3. The molecule has 78 valence electrons. The van der Waals surface area contributed by atoms with E-state index in [1.165, 1.54) is 6.07 Å². The zero-order chi connectivity index (χ0) is 10.4. The van der Waals surface area contributed by atoms with Gasteiger partial charge >= 0.3 is 0 Å². The molecular weight excluding hydrogens is 267 g/mol. The monoisotopic (exact) mass is 278 g/mol. The predicted molar refractivity (Wildman–Crippen MR) is 62.6 cm³/mol. The molecule has 1 aromatic rings. The number of rotatable bonds is 5. The Kier molecular flexibility index (Phi) is 5.33. The molecule has 1 aromatic carbocycles. The maximum absolute atomic E-state index is 13.1. The van der Waals surface area contributed by atoms with E-state index in [2.05, 4.69) is 15.9 Å². The molecule has 0 unspecified atom stereocenters. The van der Waals surface area contributed by atoms with Gasteiger partial charge < -0.3 is 4.74 Å². The summed E-state index contributed by atoms with van der Waals surface area (Å²) in [6.45, 7) is 0.564. The van der Waals surface area contributed by atoms with E-state index in [9.17, 15) is 4.39 Å². The standard InChI is InChI=1S/C10H12BrFOS/c1-14-6-2-5-13-10-7-8(11)3-4-9(10)12/h3-4,7H,2,5-6H2,1H3. The van der Waals surface area contributed by atoms with Crippen LogP contribution in [-0.4, -0.2) is 18.6 Å².